The van der Waals surface area contributed by atoms with E-state index in [4.69, 9.17) is 0 Å². The summed E-state index contributed by atoms with van der Waals surface area (Å²) in [5.74, 6) is -0.600. The van der Waals surface area contributed by atoms with Crippen molar-refractivity contribution in [2.24, 2.45) is 0 Å². The van der Waals surface area contributed by atoms with E-state index in [1.807, 2.05) is 66.9 Å². The summed E-state index contributed by atoms with van der Waals surface area (Å²) >= 11 is 1.60. The van der Waals surface area contributed by atoms with Gasteiger partial charge < -0.3 is 10.6 Å². The fraction of sp³-hybridized carbons (Fsp3) is 0.0952. The van der Waals surface area contributed by atoms with Crippen molar-refractivity contribution >= 4 is 34.9 Å². The minimum absolute atomic E-state index is 0.0923. The number of aromatic nitrogens is 1. The highest BCUT2D eigenvalue weighted by Crippen LogP contribution is 2.22. The number of carbonyl (C=O) groups is 2. The summed E-state index contributed by atoms with van der Waals surface area (Å²) in [6.45, 7) is 1.87. The second kappa shape index (κ2) is 8.91. The number of nitrogens with one attached hydrogen (secondary N) is 2. The Morgan fingerprint density at radius 2 is 1.81 bits per heavy atom. The Labute approximate surface area is 161 Å². The highest BCUT2D eigenvalue weighted by molar-refractivity contribution is 7.09. The molecule has 0 fully saturated rings. The van der Waals surface area contributed by atoms with Crippen molar-refractivity contribution in [3.8, 4) is 11.3 Å². The van der Waals surface area contributed by atoms with Crippen LogP contribution in [0.25, 0.3) is 17.3 Å². The summed E-state index contributed by atoms with van der Waals surface area (Å²) in [6.07, 6.45) is 3.11. The molecule has 0 spiro atoms. The Morgan fingerprint density at radius 1 is 1.07 bits per heavy atom. The Kier molecular flexibility index (Phi) is 6.12. The van der Waals surface area contributed by atoms with Crippen LogP contribution in [-0.4, -0.2) is 23.3 Å². The van der Waals surface area contributed by atoms with Crippen molar-refractivity contribution in [1.29, 1.82) is 0 Å². The number of thiazole rings is 1. The van der Waals surface area contributed by atoms with Crippen molar-refractivity contribution in [2.45, 2.75) is 6.92 Å². The molecule has 5 nitrogen and oxygen atoms in total. The molecule has 0 aliphatic heterocycles. The fourth-order valence-electron chi connectivity index (χ4n) is 2.39. The number of nitrogens with zero attached hydrogens (tertiary/aromatic N) is 1. The number of amides is 2. The van der Waals surface area contributed by atoms with Gasteiger partial charge in [0.05, 0.1) is 17.2 Å². The first-order chi connectivity index (χ1) is 13.1. The van der Waals surface area contributed by atoms with Crippen LogP contribution >= 0.6 is 11.3 Å². The number of aryl methyl sites for hydroxylation is 1. The zero-order valence-electron chi connectivity index (χ0n) is 14.8. The predicted octanol–water partition coefficient (Wildman–Crippen LogP) is 3.89. The minimum atomic E-state index is -0.316. The second-order valence-corrected chi connectivity index (χ2v) is 6.90. The van der Waals surface area contributed by atoms with Crippen molar-refractivity contribution in [3.63, 3.8) is 0 Å². The average molecular weight is 377 g/mol. The predicted molar refractivity (Wildman–Crippen MR) is 109 cm³/mol. The van der Waals surface area contributed by atoms with E-state index >= 15 is 0 Å². The van der Waals surface area contributed by atoms with Gasteiger partial charge in [-0.1, -0.05) is 42.5 Å². The largest absolute Gasteiger partial charge is 0.343 e. The zero-order chi connectivity index (χ0) is 19.1. The van der Waals surface area contributed by atoms with E-state index in [1.54, 1.807) is 17.4 Å². The lowest BCUT2D eigenvalue weighted by molar-refractivity contribution is -0.121. The Morgan fingerprint density at radius 3 is 2.48 bits per heavy atom. The van der Waals surface area contributed by atoms with Crippen molar-refractivity contribution in [3.05, 3.63) is 76.6 Å². The van der Waals surface area contributed by atoms with Crippen LogP contribution in [0.15, 0.2) is 66.1 Å². The molecule has 0 saturated heterocycles. The molecule has 0 atom stereocenters. The number of anilines is 1. The monoisotopic (exact) mass is 377 g/mol. The molecule has 3 aromatic rings. The first-order valence-electron chi connectivity index (χ1n) is 8.43. The molecule has 0 radical (unpaired) electrons. The summed E-state index contributed by atoms with van der Waals surface area (Å²) in [5.41, 5.74) is 3.52. The molecule has 1 aromatic heterocycles. The van der Waals surface area contributed by atoms with Crippen molar-refractivity contribution in [2.75, 3.05) is 11.9 Å². The molecular formula is C21H19N3O2S. The number of hydrogen-bond donors (Lipinski definition) is 2. The van der Waals surface area contributed by atoms with Crippen molar-refractivity contribution < 1.29 is 9.59 Å². The third-order valence-corrected chi connectivity index (χ3v) is 4.51. The van der Waals surface area contributed by atoms with E-state index in [0.717, 1.165) is 21.8 Å². The van der Waals surface area contributed by atoms with Crippen LogP contribution in [-0.2, 0) is 9.59 Å². The van der Waals surface area contributed by atoms with Gasteiger partial charge >= 0.3 is 0 Å². The summed E-state index contributed by atoms with van der Waals surface area (Å²) in [6, 6.07) is 16.9. The van der Waals surface area contributed by atoms with Crippen LogP contribution in [0.1, 0.15) is 10.6 Å². The fourth-order valence-corrected chi connectivity index (χ4v) is 3.01. The van der Waals surface area contributed by atoms with E-state index in [0.29, 0.717) is 5.69 Å². The number of benzene rings is 2. The molecule has 2 N–H and O–H groups in total. The Hall–Kier alpha value is -3.25. The lowest BCUT2D eigenvalue weighted by Gasteiger charge is -2.06. The molecule has 0 unspecified atom stereocenters. The molecule has 0 saturated carbocycles. The highest BCUT2D eigenvalue weighted by Gasteiger charge is 2.06. The standard InChI is InChI=1S/C21H19N3O2S/c1-15-23-19(14-27-15)17-8-10-18(11-9-17)24-21(26)13-22-20(25)12-7-16-5-3-2-4-6-16/h2-12,14H,13H2,1H3,(H,22,25)(H,24,26)/b12-7+. The van der Waals surface area contributed by atoms with E-state index in [-0.39, 0.29) is 18.4 Å². The van der Waals surface area contributed by atoms with Gasteiger partial charge in [0.15, 0.2) is 0 Å². The summed E-state index contributed by atoms with van der Waals surface area (Å²) in [7, 11) is 0. The van der Waals surface area contributed by atoms with Crippen LogP contribution in [0.2, 0.25) is 0 Å². The maximum atomic E-state index is 12.0. The van der Waals surface area contributed by atoms with Gasteiger partial charge in [-0.05, 0) is 30.7 Å². The Balaban J connectivity index is 1.47. The quantitative estimate of drug-likeness (QED) is 0.640. The number of carbonyl (C=O) groups excluding carboxylic acids is 2. The smallest absolute Gasteiger partial charge is 0.244 e. The van der Waals surface area contributed by atoms with E-state index in [9.17, 15) is 9.59 Å². The number of rotatable bonds is 6. The van der Waals surface area contributed by atoms with Gasteiger partial charge in [0.2, 0.25) is 11.8 Å². The molecule has 6 heteroatoms. The highest BCUT2D eigenvalue weighted by atomic mass is 32.1. The Bertz CT molecular complexity index is 947. The molecule has 2 amide bonds. The lowest BCUT2D eigenvalue weighted by Crippen LogP contribution is -2.31. The van der Waals surface area contributed by atoms with E-state index in [1.165, 1.54) is 6.08 Å². The van der Waals surface area contributed by atoms with Gasteiger partial charge in [0, 0.05) is 22.7 Å². The van der Waals surface area contributed by atoms with Gasteiger partial charge in [-0.2, -0.15) is 0 Å². The molecule has 1 heterocycles. The first-order valence-corrected chi connectivity index (χ1v) is 9.31. The van der Waals surface area contributed by atoms with Crippen molar-refractivity contribution in [1.82, 2.24) is 10.3 Å². The maximum Gasteiger partial charge on any atom is 0.244 e. The zero-order valence-corrected chi connectivity index (χ0v) is 15.6. The summed E-state index contributed by atoms with van der Waals surface area (Å²) in [5, 5.41) is 8.34. The second-order valence-electron chi connectivity index (χ2n) is 5.84. The lowest BCUT2D eigenvalue weighted by atomic mass is 10.1. The summed E-state index contributed by atoms with van der Waals surface area (Å²) < 4.78 is 0. The normalized spacial score (nSPS) is 10.7. The molecule has 0 aliphatic carbocycles. The average Bonchev–Trinajstić information content (AvgIpc) is 3.12. The molecular weight excluding hydrogens is 358 g/mol. The van der Waals surface area contributed by atoms with Gasteiger partial charge in [0.25, 0.3) is 0 Å². The van der Waals surface area contributed by atoms with Gasteiger partial charge in [-0.25, -0.2) is 4.98 Å². The molecule has 3 rings (SSSR count). The first kappa shape index (κ1) is 18.5. The molecule has 0 aliphatic rings. The van der Waals surface area contributed by atoms with Crippen LogP contribution < -0.4 is 10.6 Å². The van der Waals surface area contributed by atoms with Crippen LogP contribution in [0.3, 0.4) is 0 Å². The van der Waals surface area contributed by atoms with Crippen LogP contribution in [0.4, 0.5) is 5.69 Å². The molecule has 136 valence electrons. The molecule has 0 bridgehead atoms. The van der Waals surface area contributed by atoms with E-state index < -0.39 is 0 Å². The van der Waals surface area contributed by atoms with E-state index in [2.05, 4.69) is 15.6 Å². The molecule has 27 heavy (non-hydrogen) atoms. The topological polar surface area (TPSA) is 71.1 Å². The van der Waals surface area contributed by atoms with Crippen LogP contribution in [0.5, 0.6) is 0 Å². The number of hydrogen-bond acceptors (Lipinski definition) is 4. The maximum absolute atomic E-state index is 12.0. The minimum Gasteiger partial charge on any atom is -0.343 e. The molecule has 2 aromatic carbocycles. The van der Waals surface area contributed by atoms with Gasteiger partial charge in [0.1, 0.15) is 0 Å². The summed E-state index contributed by atoms with van der Waals surface area (Å²) in [4.78, 5) is 28.2. The third-order valence-electron chi connectivity index (χ3n) is 3.73. The third kappa shape index (κ3) is 5.62. The van der Waals surface area contributed by atoms with Crippen LogP contribution in [0, 0.1) is 6.92 Å². The van der Waals surface area contributed by atoms with Gasteiger partial charge in [-0.15, -0.1) is 11.3 Å². The van der Waals surface area contributed by atoms with Gasteiger partial charge in [-0.3, -0.25) is 9.59 Å². The SMILES string of the molecule is Cc1nc(-c2ccc(NC(=O)CNC(=O)/C=C/c3ccccc3)cc2)cs1.